The Morgan fingerprint density at radius 2 is 1.95 bits per heavy atom. The second kappa shape index (κ2) is 6.78. The van der Waals surface area contributed by atoms with Crippen LogP contribution in [0.2, 0.25) is 0 Å². The number of rotatable bonds is 7. The van der Waals surface area contributed by atoms with Crippen molar-refractivity contribution in [2.24, 2.45) is 5.16 Å². The van der Waals surface area contributed by atoms with Crippen LogP contribution < -0.4 is 4.74 Å². The Balaban J connectivity index is 1.77. The molecular weight excluding hydrogens is 274 g/mol. The Morgan fingerprint density at radius 3 is 2.52 bits per heavy atom. The monoisotopic (exact) mass is 295 g/mol. The second-order valence-electron chi connectivity index (χ2n) is 5.29. The fraction of sp³-hybridized carbons (Fsp3) is 0.533. The van der Waals surface area contributed by atoms with Crippen LogP contribution in [-0.2, 0) is 14.3 Å². The predicted octanol–water partition coefficient (Wildman–Crippen LogP) is 1.91. The van der Waals surface area contributed by atoms with E-state index in [1.54, 1.807) is 20.8 Å². The fourth-order valence-electron chi connectivity index (χ4n) is 1.70. The van der Waals surface area contributed by atoms with Crippen LogP contribution in [-0.4, -0.2) is 42.7 Å². The average molecular weight is 295 g/mol. The van der Waals surface area contributed by atoms with Gasteiger partial charge in [0.2, 0.25) is 0 Å². The van der Waals surface area contributed by atoms with Crippen LogP contribution in [0.1, 0.15) is 26.3 Å². The summed E-state index contributed by atoms with van der Waals surface area (Å²) in [5, 5.41) is 12.9. The molecule has 116 valence electrons. The van der Waals surface area contributed by atoms with Crippen molar-refractivity contribution >= 4 is 5.90 Å². The minimum Gasteiger partial charge on any atom is -0.491 e. The van der Waals surface area contributed by atoms with Crippen LogP contribution in [0, 0.1) is 0 Å². The molecule has 1 aliphatic heterocycles. The van der Waals surface area contributed by atoms with Crippen LogP contribution in [0.5, 0.6) is 5.75 Å². The Labute approximate surface area is 124 Å². The summed E-state index contributed by atoms with van der Waals surface area (Å²) in [5.41, 5.74) is 0.832. The Bertz CT molecular complexity index is 481. The lowest BCUT2D eigenvalue weighted by Crippen LogP contribution is -2.22. The number of nitrogens with zero attached hydrogens (tertiary/aromatic N) is 1. The van der Waals surface area contributed by atoms with Gasteiger partial charge in [0.25, 0.3) is 11.7 Å². The minimum atomic E-state index is -0.717. The van der Waals surface area contributed by atoms with Crippen molar-refractivity contribution in [2.45, 2.75) is 32.7 Å². The number of ether oxygens (including phenoxy) is 3. The van der Waals surface area contributed by atoms with E-state index in [2.05, 4.69) is 5.16 Å². The lowest BCUT2D eigenvalue weighted by atomic mass is 10.2. The van der Waals surface area contributed by atoms with Gasteiger partial charge in [-0.1, -0.05) is 0 Å². The summed E-state index contributed by atoms with van der Waals surface area (Å²) in [6, 6.07) is 7.38. The highest BCUT2D eigenvalue weighted by Crippen LogP contribution is 2.23. The third kappa shape index (κ3) is 4.91. The van der Waals surface area contributed by atoms with E-state index in [0.717, 1.165) is 11.3 Å². The first-order chi connectivity index (χ1) is 9.96. The van der Waals surface area contributed by atoms with Gasteiger partial charge in [0, 0.05) is 19.4 Å². The molecule has 1 aliphatic rings. The van der Waals surface area contributed by atoms with Gasteiger partial charge >= 0.3 is 0 Å². The van der Waals surface area contributed by atoms with Crippen molar-refractivity contribution in [3.63, 3.8) is 0 Å². The average Bonchev–Trinajstić information content (AvgIpc) is 2.79. The van der Waals surface area contributed by atoms with Crippen LogP contribution in [0.25, 0.3) is 0 Å². The van der Waals surface area contributed by atoms with Gasteiger partial charge in [0.05, 0.1) is 19.3 Å². The Morgan fingerprint density at radius 1 is 1.24 bits per heavy atom. The summed E-state index contributed by atoms with van der Waals surface area (Å²) in [5.74, 6) is 0.482. The summed E-state index contributed by atoms with van der Waals surface area (Å²) < 4.78 is 16.3. The maximum Gasteiger partial charge on any atom is 0.271 e. The van der Waals surface area contributed by atoms with Gasteiger partial charge in [0.1, 0.15) is 12.4 Å². The van der Waals surface area contributed by atoms with Gasteiger partial charge in [-0.15, -0.1) is 0 Å². The molecule has 1 N–H and O–H groups in total. The summed E-state index contributed by atoms with van der Waals surface area (Å²) >= 11 is 0. The number of oxime groups is 1. The fourth-order valence-corrected chi connectivity index (χ4v) is 1.70. The molecule has 0 bridgehead atoms. The summed E-state index contributed by atoms with van der Waals surface area (Å²) in [6.07, 6.45) is -0.456. The normalized spacial score (nSPS) is 17.6. The molecule has 21 heavy (non-hydrogen) atoms. The van der Waals surface area contributed by atoms with Crippen molar-refractivity contribution in [3.8, 4) is 5.75 Å². The van der Waals surface area contributed by atoms with E-state index < -0.39 is 11.9 Å². The first kappa shape index (κ1) is 15.6. The molecule has 0 aliphatic carbocycles. The highest BCUT2D eigenvalue weighted by Gasteiger charge is 2.30. The van der Waals surface area contributed by atoms with E-state index in [0.29, 0.717) is 25.7 Å². The zero-order valence-electron chi connectivity index (χ0n) is 12.5. The highest BCUT2D eigenvalue weighted by atomic mass is 16.8. The molecule has 1 aromatic carbocycles. The third-order valence-corrected chi connectivity index (χ3v) is 2.65. The van der Waals surface area contributed by atoms with Crippen LogP contribution >= 0.6 is 0 Å². The van der Waals surface area contributed by atoms with E-state index in [4.69, 9.17) is 24.2 Å². The van der Waals surface area contributed by atoms with Crippen molar-refractivity contribution in [1.82, 2.24) is 0 Å². The lowest BCUT2D eigenvalue weighted by Gasteiger charge is -2.14. The van der Waals surface area contributed by atoms with Crippen LogP contribution in [0.15, 0.2) is 29.4 Å². The molecule has 1 atom stereocenters. The van der Waals surface area contributed by atoms with E-state index in [1.807, 2.05) is 24.3 Å². The molecule has 0 radical (unpaired) electrons. The molecule has 0 saturated heterocycles. The standard InChI is InChI=1S/C15H21NO5/c1-11(17)10-18-8-9-19-13-6-4-12(5-7-13)14-16-21-15(2,3)20-14/h4-7,11,17H,8-10H2,1-3H3. The quantitative estimate of drug-likeness (QED) is 0.778. The Kier molecular flexibility index (Phi) is 5.03. The topological polar surface area (TPSA) is 69.5 Å². The lowest BCUT2D eigenvalue weighted by molar-refractivity contribution is -0.128. The SMILES string of the molecule is CC(O)COCCOc1ccc(C2=NOC(C)(C)O2)cc1. The van der Waals surface area contributed by atoms with Gasteiger partial charge in [0.15, 0.2) is 0 Å². The zero-order chi connectivity index (χ0) is 15.3. The largest absolute Gasteiger partial charge is 0.491 e. The van der Waals surface area contributed by atoms with Gasteiger partial charge in [-0.25, -0.2) is 0 Å². The Hall–Kier alpha value is -1.79. The molecule has 0 amide bonds. The maximum absolute atomic E-state index is 9.04. The molecule has 1 heterocycles. The first-order valence-electron chi connectivity index (χ1n) is 6.90. The van der Waals surface area contributed by atoms with Crippen molar-refractivity contribution in [3.05, 3.63) is 29.8 Å². The maximum atomic E-state index is 9.04. The highest BCUT2D eigenvalue weighted by molar-refractivity contribution is 5.94. The predicted molar refractivity (Wildman–Crippen MR) is 77.2 cm³/mol. The number of hydrogen-bond acceptors (Lipinski definition) is 6. The smallest absolute Gasteiger partial charge is 0.271 e. The summed E-state index contributed by atoms with van der Waals surface area (Å²) in [6.45, 7) is 6.46. The molecule has 2 rings (SSSR count). The van der Waals surface area contributed by atoms with E-state index in [1.165, 1.54) is 0 Å². The molecule has 0 spiro atoms. The zero-order valence-corrected chi connectivity index (χ0v) is 12.5. The van der Waals surface area contributed by atoms with E-state index >= 15 is 0 Å². The molecule has 6 nitrogen and oxygen atoms in total. The molecule has 1 aromatic rings. The van der Waals surface area contributed by atoms with Crippen LogP contribution in [0.3, 0.4) is 0 Å². The molecule has 0 saturated carbocycles. The van der Waals surface area contributed by atoms with Gasteiger partial charge < -0.3 is 24.2 Å². The van der Waals surface area contributed by atoms with Crippen molar-refractivity contribution in [2.75, 3.05) is 19.8 Å². The van der Waals surface area contributed by atoms with E-state index in [-0.39, 0.29) is 0 Å². The second-order valence-corrected chi connectivity index (χ2v) is 5.29. The number of hydrogen-bond donors (Lipinski definition) is 1. The van der Waals surface area contributed by atoms with Gasteiger partial charge in [-0.2, -0.15) is 0 Å². The molecule has 6 heteroatoms. The van der Waals surface area contributed by atoms with Crippen molar-refractivity contribution < 1.29 is 24.2 Å². The van der Waals surface area contributed by atoms with E-state index in [9.17, 15) is 0 Å². The number of benzene rings is 1. The third-order valence-electron chi connectivity index (χ3n) is 2.65. The van der Waals surface area contributed by atoms with Crippen molar-refractivity contribution in [1.29, 1.82) is 0 Å². The minimum absolute atomic E-state index is 0.315. The number of aliphatic hydroxyl groups excluding tert-OH is 1. The van der Waals surface area contributed by atoms with Crippen LogP contribution in [0.4, 0.5) is 0 Å². The van der Waals surface area contributed by atoms with Gasteiger partial charge in [-0.05, 0) is 36.3 Å². The summed E-state index contributed by atoms with van der Waals surface area (Å²) in [7, 11) is 0. The number of aliphatic hydroxyl groups is 1. The van der Waals surface area contributed by atoms with Gasteiger partial charge in [-0.3, -0.25) is 0 Å². The summed E-state index contributed by atoms with van der Waals surface area (Å²) in [4.78, 5) is 5.15. The molecular formula is C15H21NO5. The molecule has 1 unspecified atom stereocenters. The molecule has 0 fully saturated rings. The molecule has 0 aromatic heterocycles. The first-order valence-corrected chi connectivity index (χ1v) is 6.90.